The lowest BCUT2D eigenvalue weighted by Gasteiger charge is -2.04. The average Bonchev–Trinajstić information content (AvgIpc) is 2.93. The molecule has 20 heavy (non-hydrogen) atoms. The summed E-state index contributed by atoms with van der Waals surface area (Å²) < 4.78 is 0. The van der Waals surface area contributed by atoms with Gasteiger partial charge in [-0.25, -0.2) is 0 Å². The van der Waals surface area contributed by atoms with Crippen molar-refractivity contribution in [2.75, 3.05) is 0 Å². The molecule has 0 aromatic carbocycles. The number of hydrazine groups is 1. The number of nitrogens with zero attached hydrogens (tertiary/aromatic N) is 1. The van der Waals surface area contributed by atoms with E-state index in [1.165, 1.54) is 21.8 Å². The molecule has 0 aliphatic heterocycles. The van der Waals surface area contributed by atoms with Crippen molar-refractivity contribution >= 4 is 23.2 Å². The largest absolute Gasteiger partial charge is 0.279 e. The van der Waals surface area contributed by atoms with Crippen LogP contribution in [0.5, 0.6) is 0 Å². The lowest BCUT2D eigenvalue weighted by atomic mass is 10.2. The first kappa shape index (κ1) is 13.0. The van der Waals surface area contributed by atoms with Crippen LogP contribution in [0.2, 0.25) is 0 Å². The van der Waals surface area contributed by atoms with Gasteiger partial charge in [-0.1, -0.05) is 0 Å². The summed E-state index contributed by atoms with van der Waals surface area (Å²) in [5, 5.41) is 10.5. The van der Waals surface area contributed by atoms with Crippen molar-refractivity contribution in [2.24, 2.45) is 5.92 Å². The molecule has 106 valence electrons. The number of thiophene rings is 1. The van der Waals surface area contributed by atoms with Gasteiger partial charge in [0.15, 0.2) is 0 Å². The Labute approximate surface area is 118 Å². The molecule has 0 bridgehead atoms. The highest BCUT2D eigenvalue weighted by molar-refractivity contribution is 7.14. The fourth-order valence-corrected chi connectivity index (χ4v) is 3.56. The zero-order chi connectivity index (χ0) is 14.3. The molecule has 7 nitrogen and oxygen atoms in total. The second-order valence-corrected chi connectivity index (χ2v) is 6.19. The van der Waals surface area contributed by atoms with Gasteiger partial charge in [0.2, 0.25) is 11.9 Å². The lowest BCUT2D eigenvalue weighted by Crippen LogP contribution is -2.42. The molecule has 1 heterocycles. The minimum atomic E-state index is -0.808. The molecule has 1 saturated carbocycles. The Balaban J connectivity index is 1.52. The summed E-state index contributed by atoms with van der Waals surface area (Å²) >= 11 is 1.44. The maximum absolute atomic E-state index is 11.9. The predicted octanol–water partition coefficient (Wildman–Crippen LogP) is 0.663. The summed E-state index contributed by atoms with van der Waals surface area (Å²) in [4.78, 5) is 35.2. The molecule has 2 aliphatic carbocycles. The molecule has 2 amide bonds. The quantitative estimate of drug-likeness (QED) is 0.632. The van der Waals surface area contributed by atoms with E-state index >= 15 is 0 Å². The fraction of sp³-hybridized carbons (Fsp3) is 0.500. The first-order valence-electron chi connectivity index (χ1n) is 6.41. The Kier molecular flexibility index (Phi) is 3.17. The van der Waals surface area contributed by atoms with Crippen molar-refractivity contribution in [2.45, 2.75) is 31.7 Å². The molecular weight excluding hydrogens is 282 g/mol. The zero-order valence-electron chi connectivity index (χ0n) is 10.5. The molecule has 2 N–H and O–H groups in total. The van der Waals surface area contributed by atoms with Crippen molar-refractivity contribution in [3.8, 4) is 0 Å². The molecule has 1 aromatic heterocycles. The molecule has 8 heteroatoms. The van der Waals surface area contributed by atoms with Crippen LogP contribution in [0.4, 0.5) is 0 Å². The summed E-state index contributed by atoms with van der Waals surface area (Å²) in [6, 6.07) is 1.04. The number of carbonyl (C=O) groups excluding carboxylic acids is 2. The van der Waals surface area contributed by atoms with E-state index in [4.69, 9.17) is 0 Å². The third-order valence-electron chi connectivity index (χ3n) is 3.63. The van der Waals surface area contributed by atoms with Crippen LogP contribution in [0, 0.1) is 16.0 Å². The van der Waals surface area contributed by atoms with Crippen molar-refractivity contribution in [1.29, 1.82) is 0 Å². The van der Waals surface area contributed by atoms with Gasteiger partial charge < -0.3 is 0 Å². The molecule has 2 unspecified atom stereocenters. The van der Waals surface area contributed by atoms with E-state index in [0.29, 0.717) is 4.88 Å². The van der Waals surface area contributed by atoms with Crippen molar-refractivity contribution in [3.63, 3.8) is 0 Å². The number of aryl methyl sites for hydroxylation is 2. The van der Waals surface area contributed by atoms with Crippen LogP contribution in [-0.2, 0) is 17.6 Å². The summed E-state index contributed by atoms with van der Waals surface area (Å²) in [7, 11) is 0. The molecule has 0 saturated heterocycles. The monoisotopic (exact) mass is 295 g/mol. The van der Waals surface area contributed by atoms with Crippen LogP contribution in [0.3, 0.4) is 0 Å². The Bertz CT molecular complexity index is 576. The average molecular weight is 295 g/mol. The van der Waals surface area contributed by atoms with Crippen LogP contribution in [-0.4, -0.2) is 22.8 Å². The number of carbonyl (C=O) groups is 2. The van der Waals surface area contributed by atoms with Crippen molar-refractivity contribution in [1.82, 2.24) is 10.9 Å². The summed E-state index contributed by atoms with van der Waals surface area (Å²) in [6.45, 7) is 0. The third kappa shape index (κ3) is 2.38. The maximum Gasteiger partial charge on any atom is 0.279 e. The molecule has 3 rings (SSSR count). The van der Waals surface area contributed by atoms with Gasteiger partial charge in [-0.15, -0.1) is 11.3 Å². The highest BCUT2D eigenvalue weighted by Gasteiger charge is 2.53. The number of rotatable bonds is 3. The van der Waals surface area contributed by atoms with E-state index in [0.717, 1.165) is 19.3 Å². The third-order valence-corrected chi connectivity index (χ3v) is 4.87. The Hall–Kier alpha value is -1.96. The smallest absolute Gasteiger partial charge is 0.273 e. The van der Waals surface area contributed by atoms with E-state index in [9.17, 15) is 19.7 Å². The van der Waals surface area contributed by atoms with E-state index in [1.807, 2.05) is 6.07 Å². The van der Waals surface area contributed by atoms with E-state index in [-0.39, 0.29) is 12.3 Å². The SMILES string of the molecule is O=C(NNC(=O)C1CC1[N+](=O)[O-])c1cc2c(s1)CCC2. The standard InChI is InChI=1S/C12H13N3O4S/c16-11(7-5-8(7)15(18)19)13-14-12(17)10-4-6-2-1-3-9(6)20-10/h4,7-8H,1-3,5H2,(H,13,16)(H,14,17). The van der Waals surface area contributed by atoms with Crippen LogP contribution in [0.25, 0.3) is 0 Å². The van der Waals surface area contributed by atoms with Gasteiger partial charge in [-0.05, 0) is 30.9 Å². The van der Waals surface area contributed by atoms with Gasteiger partial charge in [0.1, 0.15) is 5.92 Å². The number of hydrogen-bond acceptors (Lipinski definition) is 5. The van der Waals surface area contributed by atoms with Gasteiger partial charge >= 0.3 is 0 Å². The van der Waals surface area contributed by atoms with Crippen LogP contribution in [0.1, 0.15) is 33.0 Å². The molecule has 1 fully saturated rings. The topological polar surface area (TPSA) is 101 Å². The normalized spacial score (nSPS) is 23.0. The van der Waals surface area contributed by atoms with Gasteiger partial charge in [0, 0.05) is 16.2 Å². The van der Waals surface area contributed by atoms with E-state index in [2.05, 4.69) is 10.9 Å². The molecule has 2 aliphatic rings. The van der Waals surface area contributed by atoms with Gasteiger partial charge in [-0.3, -0.25) is 30.6 Å². The number of nitrogens with one attached hydrogen (secondary N) is 2. The number of hydrogen-bond donors (Lipinski definition) is 2. The minimum absolute atomic E-state index is 0.238. The number of fused-ring (bicyclic) bond motifs is 1. The molecule has 1 aromatic rings. The molecule has 2 atom stereocenters. The molecule has 0 radical (unpaired) electrons. The summed E-state index contributed by atoms with van der Waals surface area (Å²) in [6.07, 6.45) is 3.37. The maximum atomic E-state index is 11.9. The highest BCUT2D eigenvalue weighted by Crippen LogP contribution is 2.33. The zero-order valence-corrected chi connectivity index (χ0v) is 11.4. The van der Waals surface area contributed by atoms with Gasteiger partial charge in [0.25, 0.3) is 5.91 Å². The Morgan fingerprint density at radius 3 is 2.80 bits per heavy atom. The second kappa shape index (κ2) is 4.86. The second-order valence-electron chi connectivity index (χ2n) is 5.05. The Morgan fingerprint density at radius 1 is 1.35 bits per heavy atom. The predicted molar refractivity (Wildman–Crippen MR) is 70.8 cm³/mol. The molecular formula is C12H13N3O4S. The number of nitro groups is 1. The van der Waals surface area contributed by atoms with Crippen molar-refractivity contribution < 1.29 is 14.5 Å². The van der Waals surface area contributed by atoms with E-state index in [1.54, 1.807) is 0 Å². The fourth-order valence-electron chi connectivity index (χ4n) is 2.41. The first-order valence-corrected chi connectivity index (χ1v) is 7.23. The van der Waals surface area contributed by atoms with Gasteiger partial charge in [-0.2, -0.15) is 0 Å². The Morgan fingerprint density at radius 2 is 2.15 bits per heavy atom. The summed E-state index contributed by atoms with van der Waals surface area (Å²) in [5.41, 5.74) is 5.78. The lowest BCUT2D eigenvalue weighted by molar-refractivity contribution is -0.497. The van der Waals surface area contributed by atoms with Crippen molar-refractivity contribution in [3.05, 3.63) is 31.5 Å². The number of amides is 2. The molecule has 0 spiro atoms. The van der Waals surface area contributed by atoms with Gasteiger partial charge in [0.05, 0.1) is 4.88 Å². The first-order chi connectivity index (χ1) is 9.56. The van der Waals surface area contributed by atoms with E-state index < -0.39 is 22.8 Å². The van der Waals surface area contributed by atoms with Crippen LogP contribution in [0.15, 0.2) is 6.07 Å². The van der Waals surface area contributed by atoms with Crippen LogP contribution < -0.4 is 10.9 Å². The van der Waals surface area contributed by atoms with Crippen LogP contribution >= 0.6 is 11.3 Å². The summed E-state index contributed by atoms with van der Waals surface area (Å²) in [5.74, 6) is -1.49. The highest BCUT2D eigenvalue weighted by atomic mass is 32.1. The minimum Gasteiger partial charge on any atom is -0.273 e.